The maximum Gasteiger partial charge on any atom is 0.252 e. The summed E-state index contributed by atoms with van der Waals surface area (Å²) in [7, 11) is 0. The Bertz CT molecular complexity index is 554. The number of benzene rings is 1. The Morgan fingerprint density at radius 3 is 2.94 bits per heavy atom. The molecular weight excluding hydrogens is 236 g/mol. The summed E-state index contributed by atoms with van der Waals surface area (Å²) in [5, 5.41) is 25.3. The van der Waals surface area contributed by atoms with Gasteiger partial charge in [-0.3, -0.25) is 4.79 Å². The maximum absolute atomic E-state index is 11.9. The van der Waals surface area contributed by atoms with Crippen LogP contribution in [0.15, 0.2) is 18.2 Å². The quantitative estimate of drug-likeness (QED) is 0.446. The van der Waals surface area contributed by atoms with Gasteiger partial charge in [-0.25, -0.2) is 0 Å². The van der Waals surface area contributed by atoms with Crippen molar-refractivity contribution in [2.24, 2.45) is 0 Å². The van der Waals surface area contributed by atoms with Crippen LogP contribution in [0.5, 0.6) is 5.75 Å². The minimum absolute atomic E-state index is 0.130. The van der Waals surface area contributed by atoms with Gasteiger partial charge in [0.2, 0.25) is 0 Å². The second kappa shape index (κ2) is 4.70. The van der Waals surface area contributed by atoms with Crippen molar-refractivity contribution in [1.82, 2.24) is 25.9 Å². The molecule has 0 saturated carbocycles. The number of aromatic hydroxyl groups is 1. The first-order chi connectivity index (χ1) is 8.58. The number of hydrogen-bond donors (Lipinski definition) is 4. The summed E-state index contributed by atoms with van der Waals surface area (Å²) in [6, 6.07) is 3.89. The number of phenolic OH excluding ortho intramolecular Hbond substituents is 1. The first kappa shape index (κ1) is 11.8. The summed E-state index contributed by atoms with van der Waals surface area (Å²) in [5.41, 5.74) is 5.98. The van der Waals surface area contributed by atoms with Crippen LogP contribution in [0.2, 0.25) is 0 Å². The fourth-order valence-electron chi connectivity index (χ4n) is 1.38. The molecule has 1 atom stereocenters. The van der Waals surface area contributed by atoms with E-state index < -0.39 is 6.04 Å². The molecule has 1 aromatic heterocycles. The topological polar surface area (TPSA) is 130 Å². The van der Waals surface area contributed by atoms with Gasteiger partial charge in [0.1, 0.15) is 5.75 Å². The van der Waals surface area contributed by atoms with Gasteiger partial charge in [-0.1, -0.05) is 5.21 Å². The minimum atomic E-state index is -0.393. The molecule has 2 aromatic rings. The summed E-state index contributed by atoms with van der Waals surface area (Å²) in [6.07, 6.45) is 0. The normalized spacial score (nSPS) is 12.1. The van der Waals surface area contributed by atoms with E-state index in [9.17, 15) is 9.90 Å². The van der Waals surface area contributed by atoms with Crippen LogP contribution in [0.4, 0.5) is 5.69 Å². The molecule has 1 amide bonds. The fourth-order valence-corrected chi connectivity index (χ4v) is 1.38. The van der Waals surface area contributed by atoms with E-state index in [-0.39, 0.29) is 17.3 Å². The number of carbonyl (C=O) groups excluding carboxylic acids is 1. The van der Waals surface area contributed by atoms with Crippen LogP contribution < -0.4 is 11.1 Å². The van der Waals surface area contributed by atoms with Crippen LogP contribution in [0.1, 0.15) is 29.1 Å². The van der Waals surface area contributed by atoms with Crippen LogP contribution in [0.25, 0.3) is 0 Å². The molecule has 0 saturated heterocycles. The number of nitrogens with one attached hydrogen (secondary N) is 2. The van der Waals surface area contributed by atoms with Gasteiger partial charge in [-0.2, -0.15) is 5.21 Å². The first-order valence-electron chi connectivity index (χ1n) is 5.20. The van der Waals surface area contributed by atoms with Crippen LogP contribution >= 0.6 is 0 Å². The van der Waals surface area contributed by atoms with Gasteiger partial charge in [0.15, 0.2) is 5.82 Å². The highest BCUT2D eigenvalue weighted by atomic mass is 16.3. The summed E-state index contributed by atoms with van der Waals surface area (Å²) in [6.45, 7) is 1.72. The summed E-state index contributed by atoms with van der Waals surface area (Å²) in [4.78, 5) is 11.9. The van der Waals surface area contributed by atoms with Crippen LogP contribution in [-0.2, 0) is 0 Å². The largest absolute Gasteiger partial charge is 0.506 e. The van der Waals surface area contributed by atoms with Crippen LogP contribution in [0.3, 0.4) is 0 Å². The zero-order chi connectivity index (χ0) is 13.1. The Balaban J connectivity index is 2.10. The van der Waals surface area contributed by atoms with Gasteiger partial charge >= 0.3 is 0 Å². The Morgan fingerprint density at radius 1 is 1.56 bits per heavy atom. The van der Waals surface area contributed by atoms with Crippen molar-refractivity contribution in [1.29, 1.82) is 0 Å². The third-order valence-corrected chi connectivity index (χ3v) is 2.39. The smallest absolute Gasteiger partial charge is 0.252 e. The molecule has 2 rings (SSSR count). The monoisotopic (exact) mass is 248 g/mol. The van der Waals surface area contributed by atoms with E-state index >= 15 is 0 Å². The number of anilines is 1. The molecule has 1 aromatic carbocycles. The number of nitrogen functional groups attached to an aromatic ring is 1. The van der Waals surface area contributed by atoms with E-state index in [1.807, 2.05) is 0 Å². The van der Waals surface area contributed by atoms with Gasteiger partial charge in [0.25, 0.3) is 5.91 Å². The predicted molar refractivity (Wildman–Crippen MR) is 62.6 cm³/mol. The van der Waals surface area contributed by atoms with E-state index in [0.29, 0.717) is 11.4 Å². The van der Waals surface area contributed by atoms with Crippen molar-refractivity contribution in [3.05, 3.63) is 29.6 Å². The highest BCUT2D eigenvalue weighted by Crippen LogP contribution is 2.20. The van der Waals surface area contributed by atoms with E-state index in [0.717, 1.165) is 0 Å². The number of hydrogen-bond acceptors (Lipinski definition) is 6. The van der Waals surface area contributed by atoms with Gasteiger partial charge in [-0.05, 0) is 25.1 Å². The lowest BCUT2D eigenvalue weighted by Crippen LogP contribution is -2.27. The summed E-state index contributed by atoms with van der Waals surface area (Å²) in [5.74, 6) is -0.111. The SMILES string of the molecule is CC(NC(=O)c1ccc(N)c(O)c1)c1nn[nH]n1. The molecular formula is C10H12N6O2. The molecule has 0 bridgehead atoms. The van der Waals surface area contributed by atoms with E-state index in [1.165, 1.54) is 18.2 Å². The second-order valence-electron chi connectivity index (χ2n) is 3.74. The molecule has 18 heavy (non-hydrogen) atoms. The van der Waals surface area contributed by atoms with Gasteiger partial charge in [-0.15, -0.1) is 10.2 Å². The number of phenols is 1. The molecule has 0 radical (unpaired) electrons. The highest BCUT2D eigenvalue weighted by molar-refractivity contribution is 5.95. The van der Waals surface area contributed by atoms with Crippen molar-refractivity contribution in [3.63, 3.8) is 0 Å². The standard InChI is InChI=1S/C10H12N6O2/c1-5(9-13-15-16-14-9)12-10(18)6-2-3-7(11)8(17)4-6/h2-5,17H,11H2,1H3,(H,12,18)(H,13,14,15,16). The number of rotatable bonds is 3. The third-order valence-electron chi connectivity index (χ3n) is 2.39. The molecule has 8 nitrogen and oxygen atoms in total. The van der Waals surface area contributed by atoms with Crippen molar-refractivity contribution >= 4 is 11.6 Å². The molecule has 0 aliphatic heterocycles. The van der Waals surface area contributed by atoms with Gasteiger partial charge in [0.05, 0.1) is 11.7 Å². The number of aromatic nitrogens is 4. The Kier molecular flexibility index (Phi) is 3.09. The molecule has 94 valence electrons. The molecule has 0 fully saturated rings. The molecule has 8 heteroatoms. The van der Waals surface area contributed by atoms with Gasteiger partial charge < -0.3 is 16.2 Å². The number of aromatic amines is 1. The minimum Gasteiger partial charge on any atom is -0.506 e. The molecule has 1 unspecified atom stereocenters. The zero-order valence-electron chi connectivity index (χ0n) is 9.58. The number of tetrazole rings is 1. The molecule has 0 aliphatic carbocycles. The lowest BCUT2D eigenvalue weighted by molar-refractivity contribution is 0.0938. The van der Waals surface area contributed by atoms with E-state index in [4.69, 9.17) is 5.73 Å². The Hall–Kier alpha value is -2.64. The number of amides is 1. The lowest BCUT2D eigenvalue weighted by Gasteiger charge is -2.10. The average Bonchev–Trinajstić information content (AvgIpc) is 2.86. The fraction of sp³-hybridized carbons (Fsp3) is 0.200. The molecule has 0 aliphatic rings. The first-order valence-corrected chi connectivity index (χ1v) is 5.20. The third kappa shape index (κ3) is 2.37. The maximum atomic E-state index is 11.9. The van der Waals surface area contributed by atoms with E-state index in [1.54, 1.807) is 6.92 Å². The van der Waals surface area contributed by atoms with Crippen molar-refractivity contribution in [3.8, 4) is 5.75 Å². The Labute approximate surface area is 102 Å². The van der Waals surface area contributed by atoms with Crippen molar-refractivity contribution in [2.75, 3.05) is 5.73 Å². The zero-order valence-corrected chi connectivity index (χ0v) is 9.58. The average molecular weight is 248 g/mol. The number of carbonyl (C=O) groups is 1. The number of nitrogens with two attached hydrogens (primary N) is 1. The molecule has 1 heterocycles. The number of nitrogens with zero attached hydrogens (tertiary/aromatic N) is 3. The number of H-pyrrole nitrogens is 1. The van der Waals surface area contributed by atoms with Crippen molar-refractivity contribution in [2.45, 2.75) is 13.0 Å². The van der Waals surface area contributed by atoms with E-state index in [2.05, 4.69) is 25.9 Å². The van der Waals surface area contributed by atoms with Crippen LogP contribution in [0, 0.1) is 0 Å². The summed E-state index contributed by atoms with van der Waals surface area (Å²) < 4.78 is 0. The van der Waals surface area contributed by atoms with Crippen LogP contribution in [-0.4, -0.2) is 31.6 Å². The Morgan fingerprint density at radius 2 is 2.33 bits per heavy atom. The second-order valence-corrected chi connectivity index (χ2v) is 3.74. The predicted octanol–water partition coefficient (Wildman–Crippen LogP) is -0.0215. The molecule has 0 spiro atoms. The summed E-state index contributed by atoms with van der Waals surface area (Å²) >= 11 is 0. The van der Waals surface area contributed by atoms with Gasteiger partial charge in [0, 0.05) is 5.56 Å². The lowest BCUT2D eigenvalue weighted by atomic mass is 10.1. The van der Waals surface area contributed by atoms with Crippen molar-refractivity contribution < 1.29 is 9.90 Å². The molecule has 5 N–H and O–H groups in total. The highest BCUT2D eigenvalue weighted by Gasteiger charge is 2.15.